The molecule has 0 aliphatic carbocycles. The monoisotopic (exact) mass is 268 g/mol. The molecule has 1 atom stereocenters. The van der Waals surface area contributed by atoms with Crippen molar-refractivity contribution in [3.05, 3.63) is 0 Å². The van der Waals surface area contributed by atoms with E-state index in [2.05, 4.69) is 65.6 Å². The Morgan fingerprint density at radius 3 is 2.00 bits per heavy atom. The van der Waals surface area contributed by atoms with E-state index in [4.69, 9.17) is 0 Å². The van der Waals surface area contributed by atoms with Crippen LogP contribution in [0.2, 0.25) is 0 Å². The zero-order chi connectivity index (χ0) is 14.8. The van der Waals surface area contributed by atoms with Crippen molar-refractivity contribution in [2.75, 3.05) is 19.6 Å². The third-order valence-corrected chi connectivity index (χ3v) is 4.78. The van der Waals surface area contributed by atoms with Crippen LogP contribution >= 0.6 is 0 Å². The van der Waals surface area contributed by atoms with Crippen molar-refractivity contribution in [2.45, 2.75) is 67.0 Å². The Morgan fingerprint density at radius 2 is 1.58 bits per heavy atom. The van der Waals surface area contributed by atoms with E-state index in [1.54, 1.807) is 0 Å². The van der Waals surface area contributed by atoms with Crippen LogP contribution in [0.4, 0.5) is 0 Å². The van der Waals surface area contributed by atoms with Crippen LogP contribution in [0, 0.1) is 23.7 Å². The van der Waals surface area contributed by atoms with Crippen LogP contribution in [-0.2, 0) is 0 Å². The summed E-state index contributed by atoms with van der Waals surface area (Å²) in [5, 5.41) is 3.71. The molecule has 1 fully saturated rings. The minimum atomic E-state index is 0.254. The first-order chi connectivity index (χ1) is 8.64. The summed E-state index contributed by atoms with van der Waals surface area (Å²) >= 11 is 0. The van der Waals surface area contributed by atoms with Gasteiger partial charge in [0.15, 0.2) is 0 Å². The molecule has 0 aromatic heterocycles. The fourth-order valence-corrected chi connectivity index (χ4v) is 3.51. The molecular weight excluding hydrogens is 232 g/mol. The largest absolute Gasteiger partial charge is 0.309 e. The van der Waals surface area contributed by atoms with Gasteiger partial charge >= 0.3 is 0 Å². The molecule has 0 aromatic carbocycles. The second kappa shape index (κ2) is 6.58. The fourth-order valence-electron chi connectivity index (χ4n) is 3.51. The zero-order valence-electron chi connectivity index (χ0n) is 14.5. The van der Waals surface area contributed by atoms with Gasteiger partial charge in [-0.3, -0.25) is 4.90 Å². The molecule has 0 saturated carbocycles. The lowest BCUT2D eigenvalue weighted by atomic mass is 9.83. The first-order valence-corrected chi connectivity index (χ1v) is 8.13. The van der Waals surface area contributed by atoms with E-state index >= 15 is 0 Å². The maximum absolute atomic E-state index is 3.71. The molecular formula is C17H36N2. The van der Waals surface area contributed by atoms with Gasteiger partial charge in [-0.25, -0.2) is 0 Å². The molecule has 0 amide bonds. The lowest BCUT2D eigenvalue weighted by Gasteiger charge is -2.48. The SMILES string of the molecule is CC(C)C(CN1CC(C)(C)NCC1C(C)C)C(C)C. The van der Waals surface area contributed by atoms with Gasteiger partial charge in [-0.05, 0) is 37.5 Å². The number of nitrogens with one attached hydrogen (secondary N) is 1. The topological polar surface area (TPSA) is 15.3 Å². The molecule has 0 aromatic rings. The minimum absolute atomic E-state index is 0.254. The summed E-state index contributed by atoms with van der Waals surface area (Å²) in [7, 11) is 0. The van der Waals surface area contributed by atoms with E-state index in [-0.39, 0.29) is 5.54 Å². The predicted octanol–water partition coefficient (Wildman–Crippen LogP) is 3.62. The van der Waals surface area contributed by atoms with Crippen molar-refractivity contribution >= 4 is 0 Å². The Morgan fingerprint density at radius 1 is 1.05 bits per heavy atom. The molecule has 1 aliphatic heterocycles. The quantitative estimate of drug-likeness (QED) is 0.819. The molecule has 1 rings (SSSR count). The van der Waals surface area contributed by atoms with Crippen LogP contribution in [-0.4, -0.2) is 36.1 Å². The van der Waals surface area contributed by atoms with E-state index < -0.39 is 0 Å². The maximum Gasteiger partial charge on any atom is 0.0252 e. The van der Waals surface area contributed by atoms with Gasteiger partial charge in [-0.2, -0.15) is 0 Å². The van der Waals surface area contributed by atoms with Gasteiger partial charge in [0, 0.05) is 31.2 Å². The summed E-state index contributed by atoms with van der Waals surface area (Å²) in [5.74, 6) is 3.07. The molecule has 2 heteroatoms. The molecule has 0 spiro atoms. The molecule has 1 saturated heterocycles. The van der Waals surface area contributed by atoms with Crippen molar-refractivity contribution in [1.29, 1.82) is 0 Å². The lowest BCUT2D eigenvalue weighted by molar-refractivity contribution is 0.0392. The second-order valence-electron chi connectivity index (χ2n) is 8.16. The molecule has 1 N–H and O–H groups in total. The number of nitrogens with zero attached hydrogens (tertiary/aromatic N) is 1. The van der Waals surface area contributed by atoms with Crippen LogP contribution < -0.4 is 5.32 Å². The predicted molar refractivity (Wildman–Crippen MR) is 85.4 cm³/mol. The van der Waals surface area contributed by atoms with Gasteiger partial charge < -0.3 is 5.32 Å². The van der Waals surface area contributed by atoms with Gasteiger partial charge in [-0.1, -0.05) is 41.5 Å². The first-order valence-electron chi connectivity index (χ1n) is 8.13. The average molecular weight is 268 g/mol. The van der Waals surface area contributed by atoms with E-state index in [0.29, 0.717) is 6.04 Å². The number of hydrogen-bond donors (Lipinski definition) is 1. The fraction of sp³-hybridized carbons (Fsp3) is 1.00. The van der Waals surface area contributed by atoms with Crippen molar-refractivity contribution in [3.8, 4) is 0 Å². The Labute approximate surface area is 121 Å². The maximum atomic E-state index is 3.71. The second-order valence-corrected chi connectivity index (χ2v) is 8.16. The van der Waals surface area contributed by atoms with E-state index in [1.807, 2.05) is 0 Å². The Balaban J connectivity index is 2.79. The summed E-state index contributed by atoms with van der Waals surface area (Å²) in [5.41, 5.74) is 0.254. The molecule has 1 aliphatic rings. The lowest BCUT2D eigenvalue weighted by Crippen LogP contribution is -2.63. The zero-order valence-corrected chi connectivity index (χ0v) is 14.5. The van der Waals surface area contributed by atoms with Crippen molar-refractivity contribution < 1.29 is 0 Å². The summed E-state index contributed by atoms with van der Waals surface area (Å²) in [4.78, 5) is 2.76. The molecule has 2 nitrogen and oxygen atoms in total. The third-order valence-electron chi connectivity index (χ3n) is 4.78. The summed E-state index contributed by atoms with van der Waals surface area (Å²) in [6.07, 6.45) is 0. The summed E-state index contributed by atoms with van der Waals surface area (Å²) < 4.78 is 0. The van der Waals surface area contributed by atoms with Gasteiger partial charge in [0.05, 0.1) is 0 Å². The normalized spacial score (nSPS) is 24.9. The Bertz CT molecular complexity index is 260. The molecule has 1 heterocycles. The van der Waals surface area contributed by atoms with Gasteiger partial charge in [0.2, 0.25) is 0 Å². The van der Waals surface area contributed by atoms with Gasteiger partial charge in [0.25, 0.3) is 0 Å². The molecule has 19 heavy (non-hydrogen) atoms. The highest BCUT2D eigenvalue weighted by molar-refractivity contribution is 4.94. The minimum Gasteiger partial charge on any atom is -0.309 e. The van der Waals surface area contributed by atoms with E-state index in [1.165, 1.54) is 13.1 Å². The summed E-state index contributed by atoms with van der Waals surface area (Å²) in [6, 6.07) is 0.688. The smallest absolute Gasteiger partial charge is 0.0252 e. The summed E-state index contributed by atoms with van der Waals surface area (Å²) in [6.45, 7) is 22.4. The van der Waals surface area contributed by atoms with E-state index in [9.17, 15) is 0 Å². The van der Waals surface area contributed by atoms with Crippen LogP contribution in [0.15, 0.2) is 0 Å². The number of rotatable bonds is 5. The van der Waals surface area contributed by atoms with E-state index in [0.717, 1.165) is 30.2 Å². The van der Waals surface area contributed by atoms with Crippen LogP contribution in [0.3, 0.4) is 0 Å². The first kappa shape index (κ1) is 17.0. The number of hydrogen-bond acceptors (Lipinski definition) is 2. The van der Waals surface area contributed by atoms with Crippen LogP contribution in [0.1, 0.15) is 55.4 Å². The van der Waals surface area contributed by atoms with Crippen molar-refractivity contribution in [3.63, 3.8) is 0 Å². The molecule has 0 bridgehead atoms. The van der Waals surface area contributed by atoms with Crippen molar-refractivity contribution in [1.82, 2.24) is 10.2 Å². The highest BCUT2D eigenvalue weighted by atomic mass is 15.3. The number of piperazine rings is 1. The molecule has 1 unspecified atom stereocenters. The van der Waals surface area contributed by atoms with Crippen molar-refractivity contribution in [2.24, 2.45) is 23.7 Å². The van der Waals surface area contributed by atoms with Crippen LogP contribution in [0.5, 0.6) is 0 Å². The molecule has 114 valence electrons. The average Bonchev–Trinajstić information content (AvgIpc) is 2.23. The highest BCUT2D eigenvalue weighted by Crippen LogP contribution is 2.27. The highest BCUT2D eigenvalue weighted by Gasteiger charge is 2.35. The third kappa shape index (κ3) is 4.75. The Kier molecular flexibility index (Phi) is 5.88. The van der Waals surface area contributed by atoms with Gasteiger partial charge in [0.1, 0.15) is 0 Å². The Hall–Kier alpha value is -0.0800. The molecule has 0 radical (unpaired) electrons. The van der Waals surface area contributed by atoms with Gasteiger partial charge in [-0.15, -0.1) is 0 Å². The van der Waals surface area contributed by atoms with Crippen LogP contribution in [0.25, 0.3) is 0 Å². The standard InChI is InChI=1S/C17H36N2/c1-12(2)15(13(3)4)10-19-11-17(7,8)18-9-16(19)14(5)6/h12-16,18H,9-11H2,1-8H3.